The second-order valence-electron chi connectivity index (χ2n) is 4.71. The molecule has 1 N–H and O–H groups in total. The zero-order valence-electron chi connectivity index (χ0n) is 11.4. The third-order valence-corrected chi connectivity index (χ3v) is 4.85. The lowest BCUT2D eigenvalue weighted by Gasteiger charge is -2.13. The van der Waals surface area contributed by atoms with Crippen LogP contribution in [0.1, 0.15) is 19.4 Å². The van der Waals surface area contributed by atoms with Crippen LogP contribution in [0.4, 0.5) is 9.52 Å². The van der Waals surface area contributed by atoms with Gasteiger partial charge in [-0.15, -0.1) is 10.2 Å². The molecule has 0 bridgehead atoms. The predicted molar refractivity (Wildman–Crippen MR) is 87.5 cm³/mol. The number of nitrogens with one attached hydrogen (secondary N) is 1. The summed E-state index contributed by atoms with van der Waals surface area (Å²) in [5, 5.41) is 11.1. The van der Waals surface area contributed by atoms with Gasteiger partial charge in [0.2, 0.25) is 11.0 Å². The molecular formula is C13H13BrFN3OS2. The molecule has 1 aromatic carbocycles. The first-order valence-electron chi connectivity index (χ1n) is 6.06. The summed E-state index contributed by atoms with van der Waals surface area (Å²) in [4.78, 5) is 11.8. The van der Waals surface area contributed by atoms with Crippen molar-refractivity contribution in [3.8, 4) is 0 Å². The highest BCUT2D eigenvalue weighted by Gasteiger charge is 2.24. The molecule has 0 atom stereocenters. The second-order valence-corrected chi connectivity index (χ2v) is 8.90. The van der Waals surface area contributed by atoms with Gasteiger partial charge in [0.25, 0.3) is 0 Å². The van der Waals surface area contributed by atoms with E-state index in [4.69, 9.17) is 0 Å². The lowest BCUT2D eigenvalue weighted by atomic mass is 10.2. The standard InChI is InChI=1S/C13H13BrFN3OS2/c1-13(2,14)10(19)16-11-17-18-12(21-11)20-7-8-3-5-9(15)6-4-8/h3-6H,7H2,1-2H3,(H,16,17,19). The largest absolute Gasteiger partial charge is 0.299 e. The van der Waals surface area contributed by atoms with Crippen molar-refractivity contribution >= 4 is 50.1 Å². The summed E-state index contributed by atoms with van der Waals surface area (Å²) in [6.07, 6.45) is 0. The van der Waals surface area contributed by atoms with Crippen molar-refractivity contribution in [2.45, 2.75) is 28.3 Å². The smallest absolute Gasteiger partial charge is 0.242 e. The first-order valence-corrected chi connectivity index (χ1v) is 8.65. The number of benzene rings is 1. The van der Waals surface area contributed by atoms with E-state index in [1.54, 1.807) is 26.0 Å². The van der Waals surface area contributed by atoms with Gasteiger partial charge in [-0.05, 0) is 31.5 Å². The van der Waals surface area contributed by atoms with E-state index in [-0.39, 0.29) is 11.7 Å². The monoisotopic (exact) mass is 389 g/mol. The molecule has 0 spiro atoms. The molecule has 2 aromatic rings. The van der Waals surface area contributed by atoms with Crippen LogP contribution in [0.25, 0.3) is 0 Å². The molecule has 2 rings (SSSR count). The van der Waals surface area contributed by atoms with E-state index in [2.05, 4.69) is 31.4 Å². The lowest BCUT2D eigenvalue weighted by Crippen LogP contribution is -2.30. The summed E-state index contributed by atoms with van der Waals surface area (Å²) in [6.45, 7) is 3.52. The number of nitrogens with zero attached hydrogens (tertiary/aromatic N) is 2. The van der Waals surface area contributed by atoms with Gasteiger partial charge in [-0.1, -0.05) is 51.2 Å². The van der Waals surface area contributed by atoms with Gasteiger partial charge in [0, 0.05) is 5.75 Å². The Morgan fingerprint density at radius 3 is 2.67 bits per heavy atom. The number of anilines is 1. The van der Waals surface area contributed by atoms with Crippen molar-refractivity contribution in [1.82, 2.24) is 10.2 Å². The van der Waals surface area contributed by atoms with Crippen LogP contribution in [0.15, 0.2) is 28.6 Å². The number of carbonyl (C=O) groups excluding carboxylic acids is 1. The molecule has 1 heterocycles. The number of thioether (sulfide) groups is 1. The van der Waals surface area contributed by atoms with Crippen molar-refractivity contribution in [1.29, 1.82) is 0 Å². The van der Waals surface area contributed by atoms with Crippen LogP contribution in [0.5, 0.6) is 0 Å². The van der Waals surface area contributed by atoms with Crippen molar-refractivity contribution in [2.24, 2.45) is 0 Å². The van der Waals surface area contributed by atoms with Crippen LogP contribution >= 0.6 is 39.0 Å². The molecule has 112 valence electrons. The summed E-state index contributed by atoms with van der Waals surface area (Å²) < 4.78 is 12.9. The fraction of sp³-hybridized carbons (Fsp3) is 0.308. The molecule has 0 aliphatic rings. The highest BCUT2D eigenvalue weighted by Crippen LogP contribution is 2.29. The number of halogens is 2. The Bertz CT molecular complexity index is 625. The third kappa shape index (κ3) is 5.05. The van der Waals surface area contributed by atoms with Crippen LogP contribution < -0.4 is 5.32 Å². The zero-order valence-corrected chi connectivity index (χ0v) is 14.6. The van der Waals surface area contributed by atoms with E-state index in [0.29, 0.717) is 10.9 Å². The zero-order chi connectivity index (χ0) is 15.5. The number of hydrogen-bond acceptors (Lipinski definition) is 5. The fourth-order valence-electron chi connectivity index (χ4n) is 1.29. The number of aromatic nitrogens is 2. The quantitative estimate of drug-likeness (QED) is 0.475. The van der Waals surface area contributed by atoms with Crippen LogP contribution in [0.3, 0.4) is 0 Å². The van der Waals surface area contributed by atoms with Gasteiger partial charge in [0.15, 0.2) is 4.34 Å². The van der Waals surface area contributed by atoms with Crippen molar-refractivity contribution in [2.75, 3.05) is 5.32 Å². The highest BCUT2D eigenvalue weighted by molar-refractivity contribution is 9.10. The number of alkyl halides is 1. The first kappa shape index (κ1) is 16.4. The SMILES string of the molecule is CC(C)(Br)C(=O)Nc1nnc(SCc2ccc(F)cc2)s1. The molecule has 0 radical (unpaired) electrons. The molecule has 0 aliphatic heterocycles. The molecule has 1 amide bonds. The lowest BCUT2D eigenvalue weighted by molar-refractivity contribution is -0.117. The van der Waals surface area contributed by atoms with Crippen LogP contribution in [0, 0.1) is 5.82 Å². The van der Waals surface area contributed by atoms with Gasteiger partial charge in [0.1, 0.15) is 5.82 Å². The Kier molecular flexibility index (Phi) is 5.34. The maximum Gasteiger partial charge on any atom is 0.242 e. The van der Waals surface area contributed by atoms with Gasteiger partial charge < -0.3 is 0 Å². The van der Waals surface area contributed by atoms with Gasteiger partial charge in [-0.2, -0.15) is 0 Å². The van der Waals surface area contributed by atoms with E-state index in [1.807, 2.05) is 0 Å². The number of carbonyl (C=O) groups is 1. The van der Waals surface area contributed by atoms with Gasteiger partial charge in [-0.3, -0.25) is 10.1 Å². The van der Waals surface area contributed by atoms with Crippen LogP contribution in [-0.4, -0.2) is 20.4 Å². The van der Waals surface area contributed by atoms with Gasteiger partial charge in [-0.25, -0.2) is 4.39 Å². The molecule has 21 heavy (non-hydrogen) atoms. The summed E-state index contributed by atoms with van der Waals surface area (Å²) in [5.41, 5.74) is 1.00. The van der Waals surface area contributed by atoms with Crippen molar-refractivity contribution < 1.29 is 9.18 Å². The molecule has 0 fully saturated rings. The Labute approximate surface area is 138 Å². The summed E-state index contributed by atoms with van der Waals surface area (Å²) in [6, 6.07) is 6.33. The van der Waals surface area contributed by atoms with E-state index in [0.717, 1.165) is 9.90 Å². The molecule has 4 nitrogen and oxygen atoms in total. The van der Waals surface area contributed by atoms with Crippen molar-refractivity contribution in [3.05, 3.63) is 35.6 Å². The number of rotatable bonds is 5. The second kappa shape index (κ2) is 6.85. The summed E-state index contributed by atoms with van der Waals surface area (Å²) in [7, 11) is 0. The minimum Gasteiger partial charge on any atom is -0.299 e. The van der Waals surface area contributed by atoms with E-state index in [1.165, 1.54) is 35.2 Å². The normalized spacial score (nSPS) is 11.4. The topological polar surface area (TPSA) is 54.9 Å². The van der Waals surface area contributed by atoms with Crippen LogP contribution in [-0.2, 0) is 10.5 Å². The van der Waals surface area contributed by atoms with Gasteiger partial charge in [0.05, 0.1) is 4.32 Å². The third-order valence-electron chi connectivity index (χ3n) is 2.44. The molecule has 0 unspecified atom stereocenters. The maximum absolute atomic E-state index is 12.8. The maximum atomic E-state index is 12.8. The minimum absolute atomic E-state index is 0.172. The van der Waals surface area contributed by atoms with E-state index in [9.17, 15) is 9.18 Å². The summed E-state index contributed by atoms with van der Waals surface area (Å²) in [5.74, 6) is 0.253. The highest BCUT2D eigenvalue weighted by atomic mass is 79.9. The average Bonchev–Trinajstić information content (AvgIpc) is 2.85. The molecule has 0 saturated heterocycles. The molecule has 1 aromatic heterocycles. The Morgan fingerprint density at radius 1 is 1.38 bits per heavy atom. The number of hydrogen-bond donors (Lipinski definition) is 1. The molecule has 8 heteroatoms. The van der Waals surface area contributed by atoms with Crippen molar-refractivity contribution in [3.63, 3.8) is 0 Å². The molecule has 0 saturated carbocycles. The number of amides is 1. The Hall–Kier alpha value is -0.990. The Balaban J connectivity index is 1.91. The van der Waals surface area contributed by atoms with Crippen LogP contribution in [0.2, 0.25) is 0 Å². The fourth-order valence-corrected chi connectivity index (χ4v) is 3.09. The summed E-state index contributed by atoms with van der Waals surface area (Å²) >= 11 is 6.09. The first-order chi connectivity index (χ1) is 9.84. The average molecular weight is 390 g/mol. The van der Waals surface area contributed by atoms with E-state index < -0.39 is 4.32 Å². The predicted octanol–water partition coefficient (Wildman–Crippen LogP) is 4.08. The molecule has 0 aliphatic carbocycles. The Morgan fingerprint density at radius 2 is 2.05 bits per heavy atom. The molecular weight excluding hydrogens is 377 g/mol. The van der Waals surface area contributed by atoms with E-state index >= 15 is 0 Å². The minimum atomic E-state index is -0.653. The van der Waals surface area contributed by atoms with Gasteiger partial charge >= 0.3 is 0 Å².